The van der Waals surface area contributed by atoms with Crippen LogP contribution < -0.4 is 11.1 Å². The van der Waals surface area contributed by atoms with Crippen molar-refractivity contribution in [2.75, 3.05) is 11.1 Å². The minimum absolute atomic E-state index is 0.200. The van der Waals surface area contributed by atoms with Crippen molar-refractivity contribution in [1.29, 1.82) is 0 Å². The van der Waals surface area contributed by atoms with Crippen molar-refractivity contribution in [1.82, 2.24) is 4.98 Å². The highest BCUT2D eigenvalue weighted by molar-refractivity contribution is 9.10. The summed E-state index contributed by atoms with van der Waals surface area (Å²) in [7, 11) is 0. The lowest BCUT2D eigenvalue weighted by Gasteiger charge is -2.04. The maximum absolute atomic E-state index is 12.4. The van der Waals surface area contributed by atoms with Gasteiger partial charge >= 0.3 is 0 Å². The summed E-state index contributed by atoms with van der Waals surface area (Å²) in [6.45, 7) is 1.90. The van der Waals surface area contributed by atoms with E-state index in [2.05, 4.69) is 26.2 Å². The number of aromatic nitrogens is 1. The Bertz CT molecular complexity index is 827. The molecule has 2 aromatic heterocycles. The molecule has 3 rings (SSSR count). The van der Waals surface area contributed by atoms with Crippen molar-refractivity contribution in [2.45, 2.75) is 6.92 Å². The van der Waals surface area contributed by atoms with Crippen molar-refractivity contribution in [3.05, 3.63) is 51.6 Å². The standard InChI is InChI=1S/C15H12BrN3OS/c1-8-6-11-12(7-18-8)21-14(13(11)17)15(20)19-10-4-2-9(16)3-5-10/h2-7H,17H2,1H3,(H,19,20). The van der Waals surface area contributed by atoms with Crippen LogP contribution in [0.25, 0.3) is 10.1 Å². The first-order chi connectivity index (χ1) is 10.0. The first-order valence-corrected chi connectivity index (χ1v) is 7.87. The summed E-state index contributed by atoms with van der Waals surface area (Å²) in [5.41, 5.74) is 8.22. The molecule has 1 aromatic carbocycles. The first-order valence-electron chi connectivity index (χ1n) is 6.26. The van der Waals surface area contributed by atoms with Crippen LogP contribution in [0.1, 0.15) is 15.4 Å². The Morgan fingerprint density at radius 1 is 1.33 bits per heavy atom. The Morgan fingerprint density at radius 2 is 2.05 bits per heavy atom. The summed E-state index contributed by atoms with van der Waals surface area (Å²) in [6.07, 6.45) is 1.75. The predicted molar refractivity (Wildman–Crippen MR) is 90.9 cm³/mol. The Hall–Kier alpha value is -1.92. The van der Waals surface area contributed by atoms with E-state index >= 15 is 0 Å². The molecular weight excluding hydrogens is 350 g/mol. The number of thiophene rings is 1. The maximum atomic E-state index is 12.4. The monoisotopic (exact) mass is 361 g/mol. The zero-order valence-electron chi connectivity index (χ0n) is 11.2. The van der Waals surface area contributed by atoms with Crippen LogP contribution in [0.4, 0.5) is 11.4 Å². The van der Waals surface area contributed by atoms with E-state index in [9.17, 15) is 4.79 Å². The largest absolute Gasteiger partial charge is 0.397 e. The normalized spacial score (nSPS) is 10.8. The molecule has 4 nitrogen and oxygen atoms in total. The number of rotatable bonds is 2. The SMILES string of the molecule is Cc1cc2c(N)c(C(=O)Nc3ccc(Br)cc3)sc2cn1. The molecule has 2 heterocycles. The van der Waals surface area contributed by atoms with Crippen LogP contribution in [0, 0.1) is 6.92 Å². The average Bonchev–Trinajstić information content (AvgIpc) is 2.79. The highest BCUT2D eigenvalue weighted by atomic mass is 79.9. The van der Waals surface area contributed by atoms with Gasteiger partial charge < -0.3 is 11.1 Å². The van der Waals surface area contributed by atoms with E-state index in [-0.39, 0.29) is 5.91 Å². The van der Waals surface area contributed by atoms with Crippen LogP contribution in [0.2, 0.25) is 0 Å². The lowest BCUT2D eigenvalue weighted by molar-refractivity contribution is 0.103. The first kappa shape index (κ1) is 14.0. The second-order valence-corrected chi connectivity index (χ2v) is 6.60. The van der Waals surface area contributed by atoms with Crippen LogP contribution in [-0.4, -0.2) is 10.9 Å². The number of aryl methyl sites for hydroxylation is 1. The van der Waals surface area contributed by atoms with E-state index in [1.165, 1.54) is 11.3 Å². The number of nitrogens with one attached hydrogen (secondary N) is 1. The van der Waals surface area contributed by atoms with Gasteiger partial charge in [0.15, 0.2) is 0 Å². The molecule has 0 bridgehead atoms. The molecule has 1 amide bonds. The summed E-state index contributed by atoms with van der Waals surface area (Å²) >= 11 is 4.71. The third-order valence-corrected chi connectivity index (χ3v) is 4.74. The molecule has 3 N–H and O–H groups in total. The maximum Gasteiger partial charge on any atom is 0.267 e. The lowest BCUT2D eigenvalue weighted by atomic mass is 10.2. The fourth-order valence-corrected chi connectivity index (χ4v) is 3.25. The minimum atomic E-state index is -0.200. The van der Waals surface area contributed by atoms with Gasteiger partial charge in [-0.3, -0.25) is 9.78 Å². The molecule has 3 aromatic rings. The van der Waals surface area contributed by atoms with Gasteiger partial charge in [-0.25, -0.2) is 0 Å². The summed E-state index contributed by atoms with van der Waals surface area (Å²) in [5, 5.41) is 3.73. The fourth-order valence-electron chi connectivity index (χ4n) is 2.02. The predicted octanol–water partition coefficient (Wildman–Crippen LogP) is 4.20. The third kappa shape index (κ3) is 2.77. The number of pyridine rings is 1. The van der Waals surface area contributed by atoms with Gasteiger partial charge in [0.25, 0.3) is 5.91 Å². The number of carbonyl (C=O) groups is 1. The number of halogens is 1. The quantitative estimate of drug-likeness (QED) is 0.718. The van der Waals surface area contributed by atoms with E-state index < -0.39 is 0 Å². The van der Waals surface area contributed by atoms with Crippen molar-refractivity contribution in [3.63, 3.8) is 0 Å². The average molecular weight is 362 g/mol. The summed E-state index contributed by atoms with van der Waals surface area (Å²) in [5.74, 6) is -0.200. The van der Waals surface area contributed by atoms with Crippen molar-refractivity contribution < 1.29 is 4.79 Å². The van der Waals surface area contributed by atoms with Gasteiger partial charge in [-0.15, -0.1) is 11.3 Å². The molecule has 0 radical (unpaired) electrons. The van der Waals surface area contributed by atoms with Gasteiger partial charge in [0.1, 0.15) is 4.88 Å². The molecule has 0 atom stereocenters. The fraction of sp³-hybridized carbons (Fsp3) is 0.0667. The third-order valence-electron chi connectivity index (χ3n) is 3.06. The van der Waals surface area contributed by atoms with Gasteiger partial charge in [0.05, 0.1) is 10.4 Å². The Morgan fingerprint density at radius 3 is 2.76 bits per heavy atom. The topological polar surface area (TPSA) is 68.0 Å². The number of nitrogens with zero attached hydrogens (tertiary/aromatic N) is 1. The van der Waals surface area contributed by atoms with E-state index in [1.807, 2.05) is 37.3 Å². The van der Waals surface area contributed by atoms with Crippen molar-refractivity contribution in [3.8, 4) is 0 Å². The van der Waals surface area contributed by atoms with Crippen LogP contribution >= 0.6 is 27.3 Å². The molecule has 0 aliphatic heterocycles. The number of nitrogen functional groups attached to an aromatic ring is 1. The summed E-state index contributed by atoms with van der Waals surface area (Å²) in [6, 6.07) is 9.31. The van der Waals surface area contributed by atoms with Crippen LogP contribution in [-0.2, 0) is 0 Å². The van der Waals surface area contributed by atoms with E-state index in [0.717, 1.165) is 25.9 Å². The van der Waals surface area contributed by atoms with Gasteiger partial charge in [-0.1, -0.05) is 15.9 Å². The zero-order valence-corrected chi connectivity index (χ0v) is 13.6. The zero-order chi connectivity index (χ0) is 15.0. The molecule has 0 fully saturated rings. The number of hydrogen-bond donors (Lipinski definition) is 2. The van der Waals surface area contributed by atoms with E-state index in [4.69, 9.17) is 5.73 Å². The highest BCUT2D eigenvalue weighted by Crippen LogP contribution is 2.34. The van der Waals surface area contributed by atoms with Crippen LogP contribution in [0.5, 0.6) is 0 Å². The van der Waals surface area contributed by atoms with Gasteiger partial charge in [-0.05, 0) is 37.3 Å². The van der Waals surface area contributed by atoms with Gasteiger partial charge in [-0.2, -0.15) is 0 Å². The van der Waals surface area contributed by atoms with Gasteiger partial charge in [0, 0.05) is 27.4 Å². The minimum Gasteiger partial charge on any atom is -0.397 e. The van der Waals surface area contributed by atoms with E-state index in [0.29, 0.717) is 10.6 Å². The number of amides is 1. The lowest BCUT2D eigenvalue weighted by Crippen LogP contribution is -2.11. The second kappa shape index (κ2) is 5.46. The highest BCUT2D eigenvalue weighted by Gasteiger charge is 2.16. The van der Waals surface area contributed by atoms with Crippen LogP contribution in [0.15, 0.2) is 41.0 Å². The molecule has 0 unspecified atom stereocenters. The smallest absolute Gasteiger partial charge is 0.267 e. The molecule has 0 spiro atoms. The molecular formula is C15H12BrN3OS. The Labute approximate surface area is 134 Å². The Balaban J connectivity index is 1.94. The van der Waals surface area contributed by atoms with Gasteiger partial charge in [0.2, 0.25) is 0 Å². The molecule has 0 aliphatic rings. The van der Waals surface area contributed by atoms with E-state index in [1.54, 1.807) is 6.20 Å². The number of benzene rings is 1. The van der Waals surface area contributed by atoms with Crippen LogP contribution in [0.3, 0.4) is 0 Å². The molecule has 106 valence electrons. The Kier molecular flexibility index (Phi) is 3.65. The van der Waals surface area contributed by atoms with Crippen molar-refractivity contribution >= 4 is 54.6 Å². The molecule has 0 aliphatic carbocycles. The number of fused-ring (bicyclic) bond motifs is 1. The summed E-state index contributed by atoms with van der Waals surface area (Å²) < 4.78 is 1.88. The second-order valence-electron chi connectivity index (χ2n) is 4.63. The number of anilines is 2. The number of nitrogens with two attached hydrogens (primary N) is 1. The molecule has 0 saturated carbocycles. The number of carbonyl (C=O) groups excluding carboxylic acids is 1. The molecule has 0 saturated heterocycles. The number of hydrogen-bond acceptors (Lipinski definition) is 4. The molecule has 21 heavy (non-hydrogen) atoms. The summed E-state index contributed by atoms with van der Waals surface area (Å²) in [4.78, 5) is 17.1. The van der Waals surface area contributed by atoms with Crippen molar-refractivity contribution in [2.24, 2.45) is 0 Å². The molecule has 6 heteroatoms.